The van der Waals surface area contributed by atoms with E-state index in [1.54, 1.807) is 6.92 Å². The average molecular weight is 188 g/mol. The average Bonchev–Trinajstić information content (AvgIpc) is 1.96. The maximum atomic E-state index is 11.1. The van der Waals surface area contributed by atoms with Crippen LogP contribution in [-0.4, -0.2) is 49.2 Å². The van der Waals surface area contributed by atoms with E-state index in [1.165, 1.54) is 0 Å². The number of nitrogens with one attached hydrogen (secondary N) is 1. The number of hydrogen-bond donors (Lipinski definition) is 2. The number of aliphatic hydroxyl groups excluding tert-OH is 1. The lowest BCUT2D eigenvalue weighted by molar-refractivity contribution is -0.121. The van der Waals surface area contributed by atoms with E-state index in [-0.39, 0.29) is 12.0 Å². The van der Waals surface area contributed by atoms with Gasteiger partial charge in [-0.2, -0.15) is 0 Å². The van der Waals surface area contributed by atoms with Gasteiger partial charge < -0.3 is 15.3 Å². The minimum absolute atomic E-state index is 0.0376. The molecule has 1 amide bonds. The maximum absolute atomic E-state index is 11.1. The van der Waals surface area contributed by atoms with Gasteiger partial charge in [-0.25, -0.2) is 0 Å². The molecule has 78 valence electrons. The van der Waals surface area contributed by atoms with Crippen LogP contribution in [0.5, 0.6) is 0 Å². The van der Waals surface area contributed by atoms with Crippen LogP contribution in [0.1, 0.15) is 19.8 Å². The summed E-state index contributed by atoms with van der Waals surface area (Å²) >= 11 is 0. The van der Waals surface area contributed by atoms with E-state index in [0.717, 1.165) is 12.8 Å². The van der Waals surface area contributed by atoms with Crippen molar-refractivity contribution in [3.8, 4) is 0 Å². The molecule has 0 fully saturated rings. The van der Waals surface area contributed by atoms with Crippen molar-refractivity contribution in [2.45, 2.75) is 25.9 Å². The minimum atomic E-state index is -0.272. The molecule has 0 aromatic heterocycles. The van der Waals surface area contributed by atoms with Crippen molar-refractivity contribution < 1.29 is 9.90 Å². The van der Waals surface area contributed by atoms with Crippen molar-refractivity contribution in [3.05, 3.63) is 0 Å². The molecule has 0 rings (SSSR count). The number of hydrogen-bond acceptors (Lipinski definition) is 3. The van der Waals surface area contributed by atoms with Gasteiger partial charge in [0.15, 0.2) is 0 Å². The molecule has 0 saturated carbocycles. The highest BCUT2D eigenvalue weighted by Crippen LogP contribution is 1.93. The largest absolute Gasteiger partial charge is 0.393 e. The Morgan fingerprint density at radius 2 is 2.15 bits per heavy atom. The second-order valence-electron chi connectivity index (χ2n) is 3.58. The van der Waals surface area contributed by atoms with E-state index in [1.807, 2.05) is 19.0 Å². The Morgan fingerprint density at radius 3 is 2.62 bits per heavy atom. The zero-order valence-corrected chi connectivity index (χ0v) is 8.71. The summed E-state index contributed by atoms with van der Waals surface area (Å²) < 4.78 is 0. The topological polar surface area (TPSA) is 52.6 Å². The van der Waals surface area contributed by atoms with E-state index < -0.39 is 0 Å². The van der Waals surface area contributed by atoms with Gasteiger partial charge in [-0.1, -0.05) is 0 Å². The third-order valence-corrected chi connectivity index (χ3v) is 1.58. The molecule has 0 aromatic carbocycles. The molecule has 2 N–H and O–H groups in total. The maximum Gasteiger partial charge on any atom is 0.234 e. The van der Waals surface area contributed by atoms with E-state index in [2.05, 4.69) is 5.32 Å². The Labute approximate surface area is 79.9 Å². The third kappa shape index (κ3) is 9.30. The summed E-state index contributed by atoms with van der Waals surface area (Å²) in [5.74, 6) is 0.0376. The van der Waals surface area contributed by atoms with Crippen LogP contribution in [0.2, 0.25) is 0 Å². The molecule has 0 bridgehead atoms. The van der Waals surface area contributed by atoms with Gasteiger partial charge in [0.1, 0.15) is 0 Å². The number of amides is 1. The van der Waals surface area contributed by atoms with Crippen LogP contribution in [0.25, 0.3) is 0 Å². The molecule has 0 aliphatic carbocycles. The summed E-state index contributed by atoms with van der Waals surface area (Å²) in [6, 6.07) is 0. The van der Waals surface area contributed by atoms with Crippen LogP contribution >= 0.6 is 0 Å². The Kier molecular flexibility index (Phi) is 6.54. The second kappa shape index (κ2) is 6.86. The Bertz CT molecular complexity index is 147. The Morgan fingerprint density at radius 1 is 1.54 bits per heavy atom. The molecule has 0 saturated heterocycles. The minimum Gasteiger partial charge on any atom is -0.393 e. The first-order valence-electron chi connectivity index (χ1n) is 4.62. The summed E-state index contributed by atoms with van der Waals surface area (Å²) in [6.07, 6.45) is 1.30. The lowest BCUT2D eigenvalue weighted by Crippen LogP contribution is -2.33. The fourth-order valence-corrected chi connectivity index (χ4v) is 0.968. The molecule has 0 aliphatic rings. The van der Waals surface area contributed by atoms with Gasteiger partial charge in [-0.3, -0.25) is 4.79 Å². The fourth-order valence-electron chi connectivity index (χ4n) is 0.968. The molecule has 0 heterocycles. The lowest BCUT2D eigenvalue weighted by atomic mass is 10.2. The highest BCUT2D eigenvalue weighted by Gasteiger charge is 2.01. The molecule has 0 spiro atoms. The quantitative estimate of drug-likeness (QED) is 0.569. The number of carbonyl (C=O) groups is 1. The zero-order valence-electron chi connectivity index (χ0n) is 8.71. The van der Waals surface area contributed by atoms with Gasteiger partial charge in [0, 0.05) is 6.54 Å². The highest BCUT2D eigenvalue weighted by atomic mass is 16.3. The van der Waals surface area contributed by atoms with Crippen LogP contribution in [0.3, 0.4) is 0 Å². The van der Waals surface area contributed by atoms with Crippen LogP contribution in [-0.2, 0) is 4.79 Å². The van der Waals surface area contributed by atoms with Gasteiger partial charge in [0.25, 0.3) is 0 Å². The van der Waals surface area contributed by atoms with Crippen molar-refractivity contribution in [3.63, 3.8) is 0 Å². The first-order valence-corrected chi connectivity index (χ1v) is 4.62. The van der Waals surface area contributed by atoms with Crippen LogP contribution in [0.15, 0.2) is 0 Å². The summed E-state index contributed by atoms with van der Waals surface area (Å²) in [5, 5.41) is 11.7. The number of likely N-dealkylation sites (N-methyl/N-ethyl adjacent to an activating group) is 1. The van der Waals surface area contributed by atoms with Crippen LogP contribution in [0.4, 0.5) is 0 Å². The molecule has 4 heteroatoms. The fraction of sp³-hybridized carbons (Fsp3) is 0.889. The van der Waals surface area contributed by atoms with Crippen LogP contribution < -0.4 is 5.32 Å². The summed E-state index contributed by atoms with van der Waals surface area (Å²) in [6.45, 7) is 2.83. The number of nitrogens with zero attached hydrogens (tertiary/aromatic N) is 1. The Hall–Kier alpha value is -0.610. The van der Waals surface area contributed by atoms with Crippen molar-refractivity contribution in [2.24, 2.45) is 0 Å². The molecule has 13 heavy (non-hydrogen) atoms. The van der Waals surface area contributed by atoms with Gasteiger partial charge >= 0.3 is 0 Å². The Balaban J connectivity index is 3.27. The van der Waals surface area contributed by atoms with Gasteiger partial charge in [-0.05, 0) is 33.9 Å². The summed E-state index contributed by atoms with van der Waals surface area (Å²) in [7, 11) is 3.71. The van der Waals surface area contributed by atoms with E-state index in [9.17, 15) is 4.79 Å². The van der Waals surface area contributed by atoms with Gasteiger partial charge in [-0.15, -0.1) is 0 Å². The van der Waals surface area contributed by atoms with Crippen molar-refractivity contribution >= 4 is 5.91 Å². The summed E-state index contributed by atoms with van der Waals surface area (Å²) in [5.41, 5.74) is 0. The molecule has 0 radical (unpaired) electrons. The molecule has 0 aliphatic heterocycles. The third-order valence-electron chi connectivity index (χ3n) is 1.58. The molecule has 1 unspecified atom stereocenters. The number of carbonyl (C=O) groups excluding carboxylic acids is 1. The van der Waals surface area contributed by atoms with Crippen molar-refractivity contribution in [2.75, 3.05) is 27.2 Å². The van der Waals surface area contributed by atoms with E-state index in [4.69, 9.17) is 5.11 Å². The van der Waals surface area contributed by atoms with E-state index >= 15 is 0 Å². The normalized spacial score (nSPS) is 13.0. The predicted molar refractivity (Wildman–Crippen MR) is 52.5 cm³/mol. The second-order valence-corrected chi connectivity index (χ2v) is 3.58. The summed E-state index contributed by atoms with van der Waals surface area (Å²) in [4.78, 5) is 12.9. The molecule has 1 atom stereocenters. The highest BCUT2D eigenvalue weighted by molar-refractivity contribution is 5.77. The first kappa shape index (κ1) is 12.4. The standard InChI is InChI=1S/C9H20N2O2/c1-8(12)5-4-6-10-9(13)7-11(2)3/h8,12H,4-7H2,1-3H3,(H,10,13). The smallest absolute Gasteiger partial charge is 0.234 e. The first-order chi connectivity index (χ1) is 6.02. The van der Waals surface area contributed by atoms with E-state index in [0.29, 0.717) is 13.1 Å². The molecule has 0 aromatic rings. The monoisotopic (exact) mass is 188 g/mol. The van der Waals surface area contributed by atoms with Crippen LogP contribution in [0, 0.1) is 0 Å². The predicted octanol–water partition coefficient (Wildman–Crippen LogP) is -0.175. The molecule has 4 nitrogen and oxygen atoms in total. The number of aliphatic hydroxyl groups is 1. The SMILES string of the molecule is CC(O)CCCNC(=O)CN(C)C. The molecular formula is C9H20N2O2. The zero-order chi connectivity index (χ0) is 10.3. The van der Waals surface area contributed by atoms with Crippen molar-refractivity contribution in [1.29, 1.82) is 0 Å². The van der Waals surface area contributed by atoms with Gasteiger partial charge in [0.2, 0.25) is 5.91 Å². The number of rotatable bonds is 6. The lowest BCUT2D eigenvalue weighted by Gasteiger charge is -2.10. The van der Waals surface area contributed by atoms with Crippen molar-refractivity contribution in [1.82, 2.24) is 10.2 Å². The van der Waals surface area contributed by atoms with Gasteiger partial charge in [0.05, 0.1) is 12.6 Å². The molecular weight excluding hydrogens is 168 g/mol.